The van der Waals surface area contributed by atoms with Crippen LogP contribution >= 0.6 is 0 Å². The van der Waals surface area contributed by atoms with Crippen molar-refractivity contribution in [3.63, 3.8) is 0 Å². The summed E-state index contributed by atoms with van der Waals surface area (Å²) in [7, 11) is 0. The van der Waals surface area contributed by atoms with Crippen LogP contribution in [-0.2, 0) is 11.2 Å². The van der Waals surface area contributed by atoms with Crippen LogP contribution in [0.25, 0.3) is 10.9 Å². The van der Waals surface area contributed by atoms with Crippen LogP contribution in [0, 0.1) is 6.92 Å². The number of carboxylic acids is 1. The number of aromatic amines is 1. The normalized spacial score (nSPS) is 10.8. The van der Waals surface area contributed by atoms with E-state index in [0.29, 0.717) is 6.42 Å². The molecule has 0 saturated carbocycles. The predicted octanol–water partition coefficient (Wildman–Crippen LogP) is 2.88. The third-order valence-corrected chi connectivity index (χ3v) is 2.85. The van der Waals surface area contributed by atoms with Crippen molar-refractivity contribution in [1.29, 1.82) is 0 Å². The van der Waals surface area contributed by atoms with Gasteiger partial charge in [0.2, 0.25) is 0 Å². The quantitative estimate of drug-likeness (QED) is 0.827. The molecule has 3 heteroatoms. The van der Waals surface area contributed by atoms with Gasteiger partial charge in [-0.3, -0.25) is 4.79 Å². The average molecular weight is 217 g/mol. The first-order valence-electron chi connectivity index (χ1n) is 5.46. The second-order valence-electron chi connectivity index (χ2n) is 4.06. The Hall–Kier alpha value is -1.77. The second kappa shape index (κ2) is 4.39. The average Bonchev–Trinajstić information content (AvgIpc) is 2.63. The molecular formula is C13H15NO2. The van der Waals surface area contributed by atoms with Crippen LogP contribution in [0.2, 0.25) is 0 Å². The number of carbonyl (C=O) groups is 1. The Balaban J connectivity index is 2.19. The number of aromatic nitrogens is 1. The van der Waals surface area contributed by atoms with Gasteiger partial charge in [0.1, 0.15) is 0 Å². The first kappa shape index (κ1) is 10.7. The maximum atomic E-state index is 10.4. The van der Waals surface area contributed by atoms with Crippen molar-refractivity contribution >= 4 is 16.9 Å². The molecule has 1 aromatic carbocycles. The van der Waals surface area contributed by atoms with Crippen LogP contribution < -0.4 is 0 Å². The van der Waals surface area contributed by atoms with E-state index in [1.165, 1.54) is 16.5 Å². The summed E-state index contributed by atoms with van der Waals surface area (Å²) in [4.78, 5) is 13.7. The topological polar surface area (TPSA) is 53.1 Å². The largest absolute Gasteiger partial charge is 0.481 e. The Kier molecular flexibility index (Phi) is 2.95. The lowest BCUT2D eigenvalue weighted by molar-refractivity contribution is -0.137. The van der Waals surface area contributed by atoms with Gasteiger partial charge < -0.3 is 10.1 Å². The molecule has 1 heterocycles. The molecule has 0 amide bonds. The van der Waals surface area contributed by atoms with Crippen molar-refractivity contribution in [2.45, 2.75) is 26.2 Å². The molecule has 0 bridgehead atoms. The zero-order chi connectivity index (χ0) is 11.5. The van der Waals surface area contributed by atoms with E-state index >= 15 is 0 Å². The minimum absolute atomic E-state index is 0.235. The zero-order valence-corrected chi connectivity index (χ0v) is 9.29. The highest BCUT2D eigenvalue weighted by atomic mass is 16.4. The van der Waals surface area contributed by atoms with Gasteiger partial charge in [-0.2, -0.15) is 0 Å². The molecular weight excluding hydrogens is 202 g/mol. The fourth-order valence-electron chi connectivity index (χ4n) is 2.00. The van der Waals surface area contributed by atoms with E-state index in [1.807, 2.05) is 12.3 Å². The standard InChI is InChI=1S/C13H15NO2/c1-9-4-2-6-11-10(8-14-13(9)11)5-3-7-12(15)16/h2,4,6,8,14H,3,5,7H2,1H3,(H,15,16). The Bertz CT molecular complexity index is 514. The Morgan fingerprint density at radius 1 is 1.44 bits per heavy atom. The summed E-state index contributed by atoms with van der Waals surface area (Å²) in [6, 6.07) is 6.18. The number of H-pyrrole nitrogens is 1. The molecule has 0 radical (unpaired) electrons. The van der Waals surface area contributed by atoms with Crippen LogP contribution in [0.1, 0.15) is 24.0 Å². The van der Waals surface area contributed by atoms with Crippen LogP contribution in [0.3, 0.4) is 0 Å². The first-order valence-corrected chi connectivity index (χ1v) is 5.46. The zero-order valence-electron chi connectivity index (χ0n) is 9.29. The fourth-order valence-corrected chi connectivity index (χ4v) is 2.00. The van der Waals surface area contributed by atoms with Gasteiger partial charge in [0.25, 0.3) is 0 Å². The van der Waals surface area contributed by atoms with Crippen LogP contribution in [0.5, 0.6) is 0 Å². The summed E-state index contributed by atoms with van der Waals surface area (Å²) in [5.74, 6) is -0.726. The van der Waals surface area contributed by atoms with E-state index in [0.717, 1.165) is 11.9 Å². The van der Waals surface area contributed by atoms with Crippen molar-refractivity contribution in [1.82, 2.24) is 4.98 Å². The molecule has 3 nitrogen and oxygen atoms in total. The summed E-state index contributed by atoms with van der Waals surface area (Å²) in [5, 5.41) is 9.81. The highest BCUT2D eigenvalue weighted by molar-refractivity contribution is 5.85. The Labute approximate surface area is 94.1 Å². The minimum atomic E-state index is -0.726. The van der Waals surface area contributed by atoms with Crippen molar-refractivity contribution in [2.75, 3.05) is 0 Å². The lowest BCUT2D eigenvalue weighted by Gasteiger charge is -1.99. The van der Waals surface area contributed by atoms with E-state index in [1.54, 1.807) is 0 Å². The molecule has 84 valence electrons. The van der Waals surface area contributed by atoms with Gasteiger partial charge in [-0.15, -0.1) is 0 Å². The van der Waals surface area contributed by atoms with Gasteiger partial charge in [-0.25, -0.2) is 0 Å². The van der Waals surface area contributed by atoms with Gasteiger partial charge >= 0.3 is 5.97 Å². The lowest BCUT2D eigenvalue weighted by Crippen LogP contribution is -1.95. The first-order chi connectivity index (χ1) is 7.68. The number of hydrogen-bond acceptors (Lipinski definition) is 1. The summed E-state index contributed by atoms with van der Waals surface area (Å²) >= 11 is 0. The van der Waals surface area contributed by atoms with Crippen molar-refractivity contribution < 1.29 is 9.90 Å². The maximum Gasteiger partial charge on any atom is 0.303 e. The van der Waals surface area contributed by atoms with E-state index in [-0.39, 0.29) is 6.42 Å². The predicted molar refractivity (Wildman–Crippen MR) is 63.6 cm³/mol. The molecule has 16 heavy (non-hydrogen) atoms. The summed E-state index contributed by atoms with van der Waals surface area (Å²) in [5.41, 5.74) is 3.59. The van der Waals surface area contributed by atoms with Crippen LogP contribution in [-0.4, -0.2) is 16.1 Å². The number of carboxylic acid groups (broad SMARTS) is 1. The summed E-state index contributed by atoms with van der Waals surface area (Å²) in [6.45, 7) is 2.07. The number of aliphatic carboxylic acids is 1. The molecule has 0 aliphatic carbocycles. The molecule has 0 aliphatic rings. The molecule has 1 aromatic heterocycles. The van der Waals surface area contributed by atoms with Crippen LogP contribution in [0.4, 0.5) is 0 Å². The number of hydrogen-bond donors (Lipinski definition) is 2. The Morgan fingerprint density at radius 3 is 3.00 bits per heavy atom. The minimum Gasteiger partial charge on any atom is -0.481 e. The van der Waals surface area contributed by atoms with E-state index in [4.69, 9.17) is 5.11 Å². The molecule has 0 aliphatic heterocycles. The molecule has 2 N–H and O–H groups in total. The number of rotatable bonds is 4. The number of fused-ring (bicyclic) bond motifs is 1. The number of nitrogens with one attached hydrogen (secondary N) is 1. The molecule has 0 fully saturated rings. The van der Waals surface area contributed by atoms with Gasteiger partial charge in [0.05, 0.1) is 0 Å². The van der Waals surface area contributed by atoms with Gasteiger partial charge in [0.15, 0.2) is 0 Å². The lowest BCUT2D eigenvalue weighted by atomic mass is 10.1. The third-order valence-electron chi connectivity index (χ3n) is 2.85. The number of benzene rings is 1. The Morgan fingerprint density at radius 2 is 2.25 bits per heavy atom. The fraction of sp³-hybridized carbons (Fsp3) is 0.308. The highest BCUT2D eigenvalue weighted by Crippen LogP contribution is 2.22. The van der Waals surface area contributed by atoms with Crippen molar-refractivity contribution in [3.8, 4) is 0 Å². The van der Waals surface area contributed by atoms with Crippen LogP contribution in [0.15, 0.2) is 24.4 Å². The van der Waals surface area contributed by atoms with E-state index in [2.05, 4.69) is 24.0 Å². The SMILES string of the molecule is Cc1cccc2c(CCCC(=O)O)c[nH]c12. The molecule has 0 unspecified atom stereocenters. The van der Waals surface area contributed by atoms with Crippen molar-refractivity contribution in [2.24, 2.45) is 0 Å². The maximum absolute atomic E-state index is 10.4. The highest BCUT2D eigenvalue weighted by Gasteiger charge is 2.05. The van der Waals surface area contributed by atoms with E-state index in [9.17, 15) is 4.79 Å². The molecule has 2 aromatic rings. The molecule has 0 saturated heterocycles. The van der Waals surface area contributed by atoms with Gasteiger partial charge in [-0.05, 0) is 30.9 Å². The number of para-hydroxylation sites is 1. The molecule has 0 spiro atoms. The summed E-state index contributed by atoms with van der Waals surface area (Å²) < 4.78 is 0. The molecule has 0 atom stereocenters. The van der Waals surface area contributed by atoms with Crippen molar-refractivity contribution in [3.05, 3.63) is 35.5 Å². The summed E-state index contributed by atoms with van der Waals surface area (Å²) in [6.07, 6.45) is 3.73. The third kappa shape index (κ3) is 2.08. The molecule has 2 rings (SSSR count). The van der Waals surface area contributed by atoms with Gasteiger partial charge in [-0.1, -0.05) is 18.2 Å². The number of aryl methyl sites for hydroxylation is 2. The van der Waals surface area contributed by atoms with E-state index < -0.39 is 5.97 Å². The second-order valence-corrected chi connectivity index (χ2v) is 4.06. The smallest absolute Gasteiger partial charge is 0.303 e. The van der Waals surface area contributed by atoms with Gasteiger partial charge in [0, 0.05) is 23.5 Å². The monoisotopic (exact) mass is 217 g/mol.